The van der Waals surface area contributed by atoms with Crippen LogP contribution in [0.2, 0.25) is 0 Å². The molecule has 2 saturated heterocycles. The summed E-state index contributed by atoms with van der Waals surface area (Å²) < 4.78 is 5.99. The molecule has 28 heavy (non-hydrogen) atoms. The van der Waals surface area contributed by atoms with Crippen LogP contribution < -0.4 is 15.4 Å². The number of piperidine rings is 1. The minimum atomic E-state index is 0.715. The maximum absolute atomic E-state index is 5.99. The molecule has 1 spiro atoms. The van der Waals surface area contributed by atoms with Crippen molar-refractivity contribution in [3.63, 3.8) is 0 Å². The van der Waals surface area contributed by atoms with Crippen molar-refractivity contribution in [3.8, 4) is 5.75 Å². The summed E-state index contributed by atoms with van der Waals surface area (Å²) in [7, 11) is 0. The molecule has 4 nitrogen and oxygen atoms in total. The molecule has 1 aromatic rings. The van der Waals surface area contributed by atoms with E-state index in [0.29, 0.717) is 5.41 Å². The average molecular weight is 382 g/mol. The molecule has 4 heteroatoms. The lowest BCUT2D eigenvalue weighted by Crippen LogP contribution is -2.54. The highest BCUT2D eigenvalue weighted by Crippen LogP contribution is 2.53. The lowest BCUT2D eigenvalue weighted by atomic mass is 9.60. The predicted octanol–water partition coefficient (Wildman–Crippen LogP) is 3.13. The van der Waals surface area contributed by atoms with Gasteiger partial charge in [-0.3, -0.25) is 4.90 Å². The molecule has 6 rings (SSSR count). The van der Waals surface area contributed by atoms with E-state index < -0.39 is 0 Å². The molecule has 2 saturated carbocycles. The number of nitrogens with one attached hydrogen (secondary N) is 2. The second-order valence-corrected chi connectivity index (χ2v) is 10.3. The van der Waals surface area contributed by atoms with E-state index in [9.17, 15) is 0 Å². The van der Waals surface area contributed by atoms with Crippen molar-refractivity contribution < 1.29 is 4.74 Å². The van der Waals surface area contributed by atoms with Gasteiger partial charge >= 0.3 is 0 Å². The van der Waals surface area contributed by atoms with E-state index in [1.807, 2.05) is 0 Å². The van der Waals surface area contributed by atoms with Crippen LogP contribution >= 0.6 is 0 Å². The molecule has 2 unspecified atom stereocenters. The van der Waals surface area contributed by atoms with Crippen molar-refractivity contribution in [2.75, 3.05) is 39.3 Å². The van der Waals surface area contributed by atoms with Crippen molar-refractivity contribution in [2.45, 2.75) is 57.0 Å². The number of rotatable bonds is 2. The number of nitrogens with zero attached hydrogens (tertiary/aromatic N) is 1. The summed E-state index contributed by atoms with van der Waals surface area (Å²) in [4.78, 5) is 2.88. The standard InChI is InChI=1S/C24H35N3O/c1-2-18-14-26-7-8-28-23(18)11-17(1)19-9-20-15-27(16-21(20)10-19)22-12-24(13-22)3-5-25-6-4-24/h1-2,11,19-22,25-26H,3-10,12-16H2. The zero-order valence-corrected chi connectivity index (χ0v) is 17.1. The van der Waals surface area contributed by atoms with Gasteiger partial charge in [0.25, 0.3) is 0 Å². The first kappa shape index (κ1) is 17.7. The molecule has 0 amide bonds. The van der Waals surface area contributed by atoms with E-state index in [1.165, 1.54) is 75.8 Å². The molecule has 4 fully saturated rings. The second kappa shape index (κ2) is 7.00. The summed E-state index contributed by atoms with van der Waals surface area (Å²) in [5.74, 6) is 3.73. The van der Waals surface area contributed by atoms with E-state index in [0.717, 1.165) is 49.2 Å². The van der Waals surface area contributed by atoms with Crippen molar-refractivity contribution in [1.82, 2.24) is 15.5 Å². The Labute approximate surface area is 169 Å². The monoisotopic (exact) mass is 381 g/mol. The lowest BCUT2D eigenvalue weighted by molar-refractivity contribution is -0.0141. The minimum Gasteiger partial charge on any atom is -0.492 e. The van der Waals surface area contributed by atoms with Crippen LogP contribution in [-0.4, -0.2) is 50.3 Å². The molecular weight excluding hydrogens is 346 g/mol. The summed E-state index contributed by atoms with van der Waals surface area (Å²) in [5.41, 5.74) is 3.56. The zero-order chi connectivity index (χ0) is 18.6. The fourth-order valence-electron chi connectivity index (χ4n) is 7.03. The Morgan fingerprint density at radius 1 is 0.964 bits per heavy atom. The Morgan fingerprint density at radius 2 is 1.75 bits per heavy atom. The van der Waals surface area contributed by atoms with Gasteiger partial charge in [0, 0.05) is 37.8 Å². The van der Waals surface area contributed by atoms with E-state index in [-0.39, 0.29) is 0 Å². The Hall–Kier alpha value is -1.10. The number of hydrogen-bond donors (Lipinski definition) is 2. The fraction of sp³-hybridized carbons (Fsp3) is 0.750. The molecular formula is C24H35N3O. The van der Waals surface area contributed by atoms with Crippen molar-refractivity contribution in [2.24, 2.45) is 17.3 Å². The highest BCUT2D eigenvalue weighted by Gasteiger charge is 2.50. The molecule has 1 aromatic carbocycles. The van der Waals surface area contributed by atoms with Gasteiger partial charge in [0.15, 0.2) is 0 Å². The molecule has 0 aromatic heterocycles. The first-order valence-corrected chi connectivity index (χ1v) is 11.7. The Bertz CT molecular complexity index is 707. The quantitative estimate of drug-likeness (QED) is 0.825. The van der Waals surface area contributed by atoms with Crippen molar-refractivity contribution in [1.29, 1.82) is 0 Å². The van der Waals surface area contributed by atoms with Gasteiger partial charge in [0.2, 0.25) is 0 Å². The summed E-state index contributed by atoms with van der Waals surface area (Å²) in [6, 6.07) is 7.94. The maximum atomic E-state index is 5.99. The molecule has 3 aliphatic heterocycles. The Kier molecular flexibility index (Phi) is 4.43. The number of benzene rings is 1. The molecule has 2 atom stereocenters. The van der Waals surface area contributed by atoms with E-state index in [4.69, 9.17) is 4.74 Å². The summed E-state index contributed by atoms with van der Waals surface area (Å²) in [6.45, 7) is 7.92. The van der Waals surface area contributed by atoms with Gasteiger partial charge < -0.3 is 15.4 Å². The first-order valence-electron chi connectivity index (χ1n) is 11.7. The van der Waals surface area contributed by atoms with E-state index in [1.54, 1.807) is 0 Å². The SMILES string of the molecule is c1cc2c(cc1C1CC3CN(C4CC5(CCNCC5)C4)CC3C1)OCCNC2. The van der Waals surface area contributed by atoms with E-state index >= 15 is 0 Å². The molecule has 2 N–H and O–H groups in total. The van der Waals surface area contributed by atoms with Crippen LogP contribution in [0, 0.1) is 17.3 Å². The Balaban J connectivity index is 1.07. The number of likely N-dealkylation sites (tertiary alicyclic amines) is 1. The van der Waals surface area contributed by atoms with Crippen LogP contribution in [0.1, 0.15) is 55.6 Å². The molecule has 0 radical (unpaired) electrons. The van der Waals surface area contributed by atoms with Crippen LogP contribution in [0.3, 0.4) is 0 Å². The van der Waals surface area contributed by atoms with Gasteiger partial charge in [-0.1, -0.05) is 12.1 Å². The molecule has 0 bridgehead atoms. The molecule has 3 heterocycles. The smallest absolute Gasteiger partial charge is 0.124 e. The number of ether oxygens (including phenoxy) is 1. The lowest BCUT2D eigenvalue weighted by Gasteiger charge is -2.53. The van der Waals surface area contributed by atoms with Gasteiger partial charge in [0.05, 0.1) is 0 Å². The van der Waals surface area contributed by atoms with Gasteiger partial charge in [-0.25, -0.2) is 0 Å². The average Bonchev–Trinajstić information content (AvgIpc) is 3.17. The minimum absolute atomic E-state index is 0.715. The van der Waals surface area contributed by atoms with Gasteiger partial charge in [-0.15, -0.1) is 0 Å². The van der Waals surface area contributed by atoms with Gasteiger partial charge in [-0.05, 0) is 86.4 Å². The fourth-order valence-corrected chi connectivity index (χ4v) is 7.03. The third kappa shape index (κ3) is 3.09. The second-order valence-electron chi connectivity index (χ2n) is 10.3. The van der Waals surface area contributed by atoms with Crippen molar-refractivity contribution >= 4 is 0 Å². The van der Waals surface area contributed by atoms with Crippen LogP contribution in [-0.2, 0) is 6.54 Å². The van der Waals surface area contributed by atoms with Gasteiger partial charge in [-0.2, -0.15) is 0 Å². The number of hydrogen-bond acceptors (Lipinski definition) is 4. The molecule has 152 valence electrons. The van der Waals surface area contributed by atoms with Crippen LogP contribution in [0.5, 0.6) is 5.75 Å². The van der Waals surface area contributed by atoms with Crippen LogP contribution in [0.25, 0.3) is 0 Å². The third-order valence-electron chi connectivity index (χ3n) is 8.71. The van der Waals surface area contributed by atoms with Crippen LogP contribution in [0.15, 0.2) is 18.2 Å². The largest absolute Gasteiger partial charge is 0.492 e. The molecule has 5 aliphatic rings. The van der Waals surface area contributed by atoms with Crippen LogP contribution in [0.4, 0.5) is 0 Å². The van der Waals surface area contributed by atoms with E-state index in [2.05, 4.69) is 33.7 Å². The normalized spacial score (nSPS) is 35.1. The number of fused-ring (bicyclic) bond motifs is 2. The first-order chi connectivity index (χ1) is 13.8. The summed E-state index contributed by atoms with van der Waals surface area (Å²) in [5, 5.41) is 6.98. The third-order valence-corrected chi connectivity index (χ3v) is 8.71. The zero-order valence-electron chi connectivity index (χ0n) is 17.1. The Morgan fingerprint density at radius 3 is 2.54 bits per heavy atom. The summed E-state index contributed by atoms with van der Waals surface area (Å²) >= 11 is 0. The highest BCUT2D eigenvalue weighted by molar-refractivity contribution is 5.40. The molecule has 2 aliphatic carbocycles. The summed E-state index contributed by atoms with van der Waals surface area (Å²) in [6.07, 6.45) is 8.58. The highest BCUT2D eigenvalue weighted by atomic mass is 16.5. The topological polar surface area (TPSA) is 36.5 Å². The van der Waals surface area contributed by atoms with Crippen molar-refractivity contribution in [3.05, 3.63) is 29.3 Å². The van der Waals surface area contributed by atoms with Gasteiger partial charge in [0.1, 0.15) is 12.4 Å². The maximum Gasteiger partial charge on any atom is 0.124 e. The predicted molar refractivity (Wildman–Crippen MR) is 112 cm³/mol.